The second kappa shape index (κ2) is 5.84. The molecule has 0 spiro atoms. The Hall–Kier alpha value is -0.900. The van der Waals surface area contributed by atoms with Crippen LogP contribution in [0.25, 0.3) is 0 Å². The molecule has 1 aliphatic heterocycles. The van der Waals surface area contributed by atoms with Crippen molar-refractivity contribution in [2.75, 3.05) is 11.1 Å². The van der Waals surface area contributed by atoms with Crippen LogP contribution in [0, 0.1) is 6.92 Å². The minimum Gasteiger partial charge on any atom is -0.375 e. The number of fused-ring (bicyclic) bond motifs is 1. The van der Waals surface area contributed by atoms with Crippen molar-refractivity contribution in [2.24, 2.45) is 0 Å². The Morgan fingerprint density at radius 2 is 2.15 bits per heavy atom. The van der Waals surface area contributed by atoms with E-state index in [0.717, 1.165) is 28.4 Å². The van der Waals surface area contributed by atoms with E-state index in [1.165, 1.54) is 10.5 Å². The van der Waals surface area contributed by atoms with Crippen LogP contribution in [0.15, 0.2) is 35.4 Å². The van der Waals surface area contributed by atoms with E-state index in [0.29, 0.717) is 5.15 Å². The smallest absolute Gasteiger partial charge is 0.152 e. The lowest BCUT2D eigenvalue weighted by atomic mass is 10.0. The Labute approximate surface area is 132 Å². The van der Waals surface area contributed by atoms with Crippen molar-refractivity contribution in [2.45, 2.75) is 24.3 Å². The van der Waals surface area contributed by atoms with Gasteiger partial charge in [0.05, 0.1) is 11.7 Å². The lowest BCUT2D eigenvalue weighted by Crippen LogP contribution is -2.17. The monoisotopic (exact) mass is 324 g/mol. The Kier molecular flexibility index (Phi) is 4.11. The number of pyridine rings is 1. The van der Waals surface area contributed by atoms with Gasteiger partial charge in [-0.1, -0.05) is 23.2 Å². The van der Waals surface area contributed by atoms with E-state index in [9.17, 15) is 0 Å². The summed E-state index contributed by atoms with van der Waals surface area (Å²) >= 11 is 14.2. The van der Waals surface area contributed by atoms with Crippen molar-refractivity contribution >= 4 is 40.7 Å². The van der Waals surface area contributed by atoms with E-state index >= 15 is 0 Å². The van der Waals surface area contributed by atoms with Crippen molar-refractivity contribution in [3.63, 3.8) is 0 Å². The quantitative estimate of drug-likeness (QED) is 0.754. The molecule has 1 atom stereocenters. The number of aryl methyl sites for hydroxylation is 1. The van der Waals surface area contributed by atoms with E-state index in [2.05, 4.69) is 16.4 Å². The molecule has 0 amide bonds. The molecule has 3 rings (SSSR count). The maximum atomic E-state index is 6.20. The highest BCUT2D eigenvalue weighted by atomic mass is 35.5. The summed E-state index contributed by atoms with van der Waals surface area (Å²) in [7, 11) is 0. The van der Waals surface area contributed by atoms with Gasteiger partial charge in [-0.15, -0.1) is 11.8 Å². The van der Waals surface area contributed by atoms with Crippen LogP contribution in [0.3, 0.4) is 0 Å². The fourth-order valence-electron chi connectivity index (χ4n) is 2.39. The first kappa shape index (κ1) is 14.1. The summed E-state index contributed by atoms with van der Waals surface area (Å²) in [5, 5.41) is 4.83. The first-order chi connectivity index (χ1) is 9.65. The lowest BCUT2D eigenvalue weighted by molar-refractivity contribution is 0.727. The van der Waals surface area contributed by atoms with Gasteiger partial charge >= 0.3 is 0 Å². The number of aromatic nitrogens is 1. The van der Waals surface area contributed by atoms with Gasteiger partial charge in [0.15, 0.2) is 5.15 Å². The Morgan fingerprint density at radius 1 is 1.30 bits per heavy atom. The number of halogens is 2. The van der Waals surface area contributed by atoms with Crippen LogP contribution in [0.4, 0.5) is 5.69 Å². The average molecular weight is 325 g/mol. The molecule has 104 valence electrons. The van der Waals surface area contributed by atoms with Crippen LogP contribution in [0.2, 0.25) is 10.2 Å². The predicted molar refractivity (Wildman–Crippen MR) is 87.1 cm³/mol. The van der Waals surface area contributed by atoms with Crippen LogP contribution >= 0.6 is 35.0 Å². The van der Waals surface area contributed by atoms with E-state index in [1.807, 2.05) is 36.9 Å². The van der Waals surface area contributed by atoms with E-state index in [-0.39, 0.29) is 6.04 Å². The number of anilines is 1. The molecule has 2 heterocycles. The molecule has 0 aliphatic carbocycles. The molecular weight excluding hydrogens is 311 g/mol. The van der Waals surface area contributed by atoms with Gasteiger partial charge in [0.25, 0.3) is 0 Å². The Bertz CT molecular complexity index is 626. The van der Waals surface area contributed by atoms with Crippen LogP contribution in [0.5, 0.6) is 0 Å². The zero-order chi connectivity index (χ0) is 14.1. The number of hydrogen-bond donors (Lipinski definition) is 1. The van der Waals surface area contributed by atoms with E-state index in [4.69, 9.17) is 23.2 Å². The molecule has 1 aliphatic rings. The third-order valence-corrected chi connectivity index (χ3v) is 5.09. The molecule has 1 N–H and O–H groups in total. The third kappa shape index (κ3) is 2.76. The maximum Gasteiger partial charge on any atom is 0.152 e. The van der Waals surface area contributed by atoms with Crippen LogP contribution in [-0.4, -0.2) is 10.7 Å². The number of nitrogens with one attached hydrogen (secondary N) is 1. The molecule has 0 fully saturated rings. The van der Waals surface area contributed by atoms with Gasteiger partial charge in [0.2, 0.25) is 0 Å². The summed E-state index contributed by atoms with van der Waals surface area (Å²) in [5.74, 6) is 1.09. The topological polar surface area (TPSA) is 24.9 Å². The minimum absolute atomic E-state index is 0.227. The number of thioether (sulfide) groups is 1. The van der Waals surface area contributed by atoms with E-state index in [1.54, 1.807) is 6.20 Å². The van der Waals surface area contributed by atoms with Gasteiger partial charge in [0, 0.05) is 21.9 Å². The number of rotatable bonds is 2. The summed E-state index contributed by atoms with van der Waals surface area (Å²) in [6.45, 7) is 2.03. The number of hydrogen-bond acceptors (Lipinski definition) is 3. The molecule has 0 saturated heterocycles. The van der Waals surface area contributed by atoms with Crippen molar-refractivity contribution in [1.82, 2.24) is 4.98 Å². The second-order valence-electron chi connectivity index (χ2n) is 4.81. The van der Waals surface area contributed by atoms with Gasteiger partial charge in [-0.2, -0.15) is 0 Å². The second-order valence-corrected chi connectivity index (χ2v) is 6.74. The minimum atomic E-state index is 0.227. The predicted octanol–water partition coefficient (Wildman–Crippen LogP) is 5.35. The molecule has 2 aromatic rings. The summed E-state index contributed by atoms with van der Waals surface area (Å²) in [6.07, 6.45) is 2.77. The average Bonchev–Trinajstić information content (AvgIpc) is 2.43. The molecule has 0 bridgehead atoms. The normalized spacial score (nSPS) is 17.6. The Balaban J connectivity index is 1.95. The largest absolute Gasteiger partial charge is 0.375 e. The van der Waals surface area contributed by atoms with Gasteiger partial charge in [0.1, 0.15) is 0 Å². The molecule has 2 nitrogen and oxygen atoms in total. The summed E-state index contributed by atoms with van der Waals surface area (Å²) in [4.78, 5) is 5.44. The maximum absolute atomic E-state index is 6.20. The van der Waals surface area contributed by atoms with Crippen molar-refractivity contribution in [3.8, 4) is 0 Å². The zero-order valence-electron chi connectivity index (χ0n) is 11.0. The molecule has 5 heteroatoms. The van der Waals surface area contributed by atoms with Crippen LogP contribution in [-0.2, 0) is 0 Å². The highest BCUT2D eigenvalue weighted by Crippen LogP contribution is 2.40. The van der Waals surface area contributed by atoms with E-state index < -0.39 is 0 Å². The molecule has 1 aromatic heterocycles. The first-order valence-electron chi connectivity index (χ1n) is 6.45. The molecule has 0 saturated carbocycles. The highest BCUT2D eigenvalue weighted by Gasteiger charge is 2.22. The molecule has 0 radical (unpaired) electrons. The summed E-state index contributed by atoms with van der Waals surface area (Å²) < 4.78 is 0. The van der Waals surface area contributed by atoms with Gasteiger partial charge in [-0.05, 0) is 48.7 Å². The van der Waals surface area contributed by atoms with Gasteiger partial charge < -0.3 is 5.32 Å². The lowest BCUT2D eigenvalue weighted by Gasteiger charge is -2.27. The van der Waals surface area contributed by atoms with Crippen molar-refractivity contribution < 1.29 is 0 Å². The first-order valence-corrected chi connectivity index (χ1v) is 8.19. The molecule has 20 heavy (non-hydrogen) atoms. The molecule has 1 unspecified atom stereocenters. The Morgan fingerprint density at radius 3 is 2.95 bits per heavy atom. The van der Waals surface area contributed by atoms with Gasteiger partial charge in [-0.3, -0.25) is 0 Å². The van der Waals surface area contributed by atoms with Gasteiger partial charge in [-0.25, -0.2) is 4.98 Å². The van der Waals surface area contributed by atoms with Crippen molar-refractivity contribution in [3.05, 3.63) is 51.8 Å². The highest BCUT2D eigenvalue weighted by molar-refractivity contribution is 7.99. The molecule has 1 aromatic carbocycles. The summed E-state index contributed by atoms with van der Waals surface area (Å²) in [5.41, 5.74) is 3.26. The zero-order valence-corrected chi connectivity index (χ0v) is 13.3. The van der Waals surface area contributed by atoms with Crippen LogP contribution < -0.4 is 5.32 Å². The fourth-order valence-corrected chi connectivity index (χ4v) is 3.93. The fraction of sp³-hybridized carbons (Fsp3) is 0.267. The standard InChI is InChI=1S/C15H14Cl2N2S/c1-9-4-6-18-15(17)14(9)19-12-5-7-20-13-3-2-10(16)8-11(12)13/h2-4,6,8,12,19H,5,7H2,1H3. The summed E-state index contributed by atoms with van der Waals surface area (Å²) in [6, 6.07) is 8.27. The van der Waals surface area contributed by atoms with Crippen molar-refractivity contribution in [1.29, 1.82) is 0 Å². The van der Waals surface area contributed by atoms with Crippen LogP contribution in [0.1, 0.15) is 23.6 Å². The SMILES string of the molecule is Cc1ccnc(Cl)c1NC1CCSc2ccc(Cl)cc21. The number of nitrogens with zero attached hydrogens (tertiary/aromatic N) is 1. The third-order valence-electron chi connectivity index (χ3n) is 3.44. The number of benzene rings is 1. The molecular formula is C15H14Cl2N2S.